The van der Waals surface area contributed by atoms with Gasteiger partial charge in [0, 0.05) is 29.8 Å². The fourth-order valence-electron chi connectivity index (χ4n) is 2.71. The monoisotopic (exact) mass is 285 g/mol. The average Bonchev–Trinajstić information content (AvgIpc) is 2.70. The molecule has 0 aliphatic carbocycles. The first kappa shape index (κ1) is 15.2. The van der Waals surface area contributed by atoms with Gasteiger partial charge in [0.15, 0.2) is 17.7 Å². The van der Waals surface area contributed by atoms with Crippen molar-refractivity contribution in [3.63, 3.8) is 0 Å². The van der Waals surface area contributed by atoms with Crippen LogP contribution in [0.15, 0.2) is 18.3 Å². The Morgan fingerprint density at radius 3 is 2.43 bits per heavy atom. The SMILES string of the molecule is CC(=O)c1c(C)[nH]c(C(=O)C[n+]2cccc(C)c2C)c1C. The highest BCUT2D eigenvalue weighted by molar-refractivity contribution is 6.02. The molecule has 0 saturated heterocycles. The minimum absolute atomic E-state index is 0.0122. The molecule has 0 spiro atoms. The van der Waals surface area contributed by atoms with Gasteiger partial charge in [-0.25, -0.2) is 0 Å². The van der Waals surface area contributed by atoms with Crippen LogP contribution in [0, 0.1) is 27.7 Å². The van der Waals surface area contributed by atoms with Crippen LogP contribution >= 0.6 is 0 Å². The van der Waals surface area contributed by atoms with Crippen LogP contribution in [-0.4, -0.2) is 16.6 Å². The molecule has 0 radical (unpaired) electrons. The lowest BCUT2D eigenvalue weighted by Crippen LogP contribution is -2.41. The normalized spacial score (nSPS) is 10.7. The molecule has 0 bridgehead atoms. The zero-order chi connectivity index (χ0) is 15.7. The van der Waals surface area contributed by atoms with Crippen molar-refractivity contribution in [2.45, 2.75) is 41.2 Å². The molecule has 0 unspecified atom stereocenters. The van der Waals surface area contributed by atoms with Crippen LogP contribution < -0.4 is 4.57 Å². The zero-order valence-corrected chi connectivity index (χ0v) is 13.2. The van der Waals surface area contributed by atoms with Crippen molar-refractivity contribution in [1.82, 2.24) is 4.98 Å². The molecule has 0 aliphatic heterocycles. The maximum Gasteiger partial charge on any atom is 0.243 e. The highest BCUT2D eigenvalue weighted by Crippen LogP contribution is 2.19. The lowest BCUT2D eigenvalue weighted by molar-refractivity contribution is -0.689. The summed E-state index contributed by atoms with van der Waals surface area (Å²) < 4.78 is 1.93. The molecule has 4 nitrogen and oxygen atoms in total. The standard InChI is InChI=1S/C17H20N2O2/c1-10-7-6-8-19(13(10)4)9-15(21)17-11(2)16(14(5)20)12(3)18-17/h6-8H,9H2,1-5H3/p+1. The van der Waals surface area contributed by atoms with E-state index in [0.29, 0.717) is 11.3 Å². The summed E-state index contributed by atoms with van der Waals surface area (Å²) in [6.07, 6.45) is 1.90. The maximum absolute atomic E-state index is 12.5. The first-order chi connectivity index (χ1) is 9.82. The van der Waals surface area contributed by atoms with Crippen molar-refractivity contribution in [1.29, 1.82) is 0 Å². The van der Waals surface area contributed by atoms with Gasteiger partial charge in [-0.2, -0.15) is 4.57 Å². The molecule has 2 heterocycles. The van der Waals surface area contributed by atoms with Crippen LogP contribution in [-0.2, 0) is 6.54 Å². The van der Waals surface area contributed by atoms with Gasteiger partial charge in [-0.05, 0) is 39.3 Å². The number of nitrogens with one attached hydrogen (secondary N) is 1. The Bertz CT molecular complexity index is 727. The number of aryl methyl sites for hydroxylation is 2. The van der Waals surface area contributed by atoms with E-state index in [0.717, 1.165) is 22.5 Å². The molecule has 0 aromatic carbocycles. The fraction of sp³-hybridized carbons (Fsp3) is 0.353. The van der Waals surface area contributed by atoms with E-state index < -0.39 is 0 Å². The molecule has 1 N–H and O–H groups in total. The minimum Gasteiger partial charge on any atom is -0.355 e. The summed E-state index contributed by atoms with van der Waals surface area (Å²) in [5, 5.41) is 0. The molecular formula is C17H21N2O2+. The Balaban J connectivity index is 2.36. The number of carbonyl (C=O) groups is 2. The molecule has 0 fully saturated rings. The van der Waals surface area contributed by atoms with Gasteiger partial charge in [0.1, 0.15) is 0 Å². The number of rotatable bonds is 4. The summed E-state index contributed by atoms with van der Waals surface area (Å²) >= 11 is 0. The third-order valence-electron chi connectivity index (χ3n) is 4.00. The predicted octanol–water partition coefficient (Wildman–Crippen LogP) is 2.62. The van der Waals surface area contributed by atoms with E-state index in [-0.39, 0.29) is 18.1 Å². The van der Waals surface area contributed by atoms with Crippen LogP contribution in [0.3, 0.4) is 0 Å². The Hall–Kier alpha value is -2.23. The molecule has 0 atom stereocenters. The van der Waals surface area contributed by atoms with Gasteiger partial charge in [0.2, 0.25) is 12.3 Å². The summed E-state index contributed by atoms with van der Waals surface area (Å²) in [7, 11) is 0. The zero-order valence-electron chi connectivity index (χ0n) is 13.2. The minimum atomic E-state index is -0.0142. The third kappa shape index (κ3) is 2.79. The van der Waals surface area contributed by atoms with Crippen LogP contribution in [0.25, 0.3) is 0 Å². The summed E-state index contributed by atoms with van der Waals surface area (Å²) in [4.78, 5) is 27.2. The van der Waals surface area contributed by atoms with Gasteiger partial charge in [-0.3, -0.25) is 9.59 Å². The van der Waals surface area contributed by atoms with E-state index in [4.69, 9.17) is 0 Å². The Kier molecular flexibility index (Phi) is 4.07. The lowest BCUT2D eigenvalue weighted by Gasteiger charge is -2.02. The number of aromatic amines is 1. The molecule has 2 aromatic rings. The largest absolute Gasteiger partial charge is 0.355 e. The van der Waals surface area contributed by atoms with Crippen LogP contribution in [0.5, 0.6) is 0 Å². The first-order valence-corrected chi connectivity index (χ1v) is 7.02. The van der Waals surface area contributed by atoms with E-state index in [1.807, 2.05) is 50.6 Å². The second-order valence-corrected chi connectivity index (χ2v) is 5.51. The number of ketones is 2. The second-order valence-electron chi connectivity index (χ2n) is 5.51. The van der Waals surface area contributed by atoms with E-state index in [2.05, 4.69) is 4.98 Å². The van der Waals surface area contributed by atoms with Crippen molar-refractivity contribution in [3.05, 3.63) is 52.1 Å². The van der Waals surface area contributed by atoms with Crippen molar-refractivity contribution >= 4 is 11.6 Å². The Morgan fingerprint density at radius 1 is 1.19 bits per heavy atom. The van der Waals surface area contributed by atoms with Gasteiger partial charge in [-0.15, -0.1) is 0 Å². The van der Waals surface area contributed by atoms with Gasteiger partial charge < -0.3 is 4.98 Å². The van der Waals surface area contributed by atoms with Crippen molar-refractivity contribution in [3.8, 4) is 0 Å². The number of hydrogen-bond donors (Lipinski definition) is 1. The topological polar surface area (TPSA) is 53.8 Å². The van der Waals surface area contributed by atoms with Crippen molar-refractivity contribution in [2.75, 3.05) is 0 Å². The molecular weight excluding hydrogens is 264 g/mol. The van der Waals surface area contributed by atoms with Crippen LogP contribution in [0.4, 0.5) is 0 Å². The van der Waals surface area contributed by atoms with E-state index in [1.165, 1.54) is 6.92 Å². The molecule has 110 valence electrons. The smallest absolute Gasteiger partial charge is 0.243 e. The van der Waals surface area contributed by atoms with Crippen molar-refractivity contribution in [2.24, 2.45) is 0 Å². The number of H-pyrrole nitrogens is 1. The highest BCUT2D eigenvalue weighted by Gasteiger charge is 2.23. The summed E-state index contributed by atoms with van der Waals surface area (Å²) in [5.41, 5.74) is 4.88. The lowest BCUT2D eigenvalue weighted by atomic mass is 10.1. The maximum atomic E-state index is 12.5. The molecule has 21 heavy (non-hydrogen) atoms. The molecule has 2 aromatic heterocycles. The Morgan fingerprint density at radius 2 is 1.86 bits per heavy atom. The number of nitrogens with zero attached hydrogens (tertiary/aromatic N) is 1. The number of hydrogen-bond acceptors (Lipinski definition) is 2. The van der Waals surface area contributed by atoms with E-state index in [9.17, 15) is 9.59 Å². The molecule has 4 heteroatoms. The quantitative estimate of drug-likeness (QED) is 0.693. The number of Topliss-reactive ketones (excluding diaryl/α,β-unsaturated/α-hetero) is 2. The summed E-state index contributed by atoms with van der Waals surface area (Å²) in [5.74, 6) is -0.0264. The number of carbonyl (C=O) groups excluding carboxylic acids is 2. The van der Waals surface area contributed by atoms with Gasteiger partial charge >= 0.3 is 0 Å². The predicted molar refractivity (Wildman–Crippen MR) is 80.7 cm³/mol. The third-order valence-corrected chi connectivity index (χ3v) is 4.00. The molecule has 0 aliphatic rings. The van der Waals surface area contributed by atoms with Crippen molar-refractivity contribution < 1.29 is 14.2 Å². The van der Waals surface area contributed by atoms with Crippen LogP contribution in [0.2, 0.25) is 0 Å². The van der Waals surface area contributed by atoms with Gasteiger partial charge in [0.25, 0.3) is 0 Å². The average molecular weight is 285 g/mol. The highest BCUT2D eigenvalue weighted by atomic mass is 16.1. The van der Waals surface area contributed by atoms with E-state index in [1.54, 1.807) is 0 Å². The molecule has 2 rings (SSSR count). The summed E-state index contributed by atoms with van der Waals surface area (Å²) in [6, 6.07) is 3.96. The molecule has 0 saturated carbocycles. The van der Waals surface area contributed by atoms with E-state index >= 15 is 0 Å². The number of pyridine rings is 1. The number of aromatic nitrogens is 2. The summed E-state index contributed by atoms with van der Waals surface area (Å²) in [6.45, 7) is 9.46. The van der Waals surface area contributed by atoms with Gasteiger partial charge in [0.05, 0.1) is 5.69 Å². The Labute approximate surface area is 124 Å². The molecule has 0 amide bonds. The van der Waals surface area contributed by atoms with Crippen LogP contribution in [0.1, 0.15) is 50.3 Å². The second kappa shape index (κ2) is 5.64. The first-order valence-electron chi connectivity index (χ1n) is 7.02. The van der Waals surface area contributed by atoms with Gasteiger partial charge in [-0.1, -0.05) is 0 Å². The fourth-order valence-corrected chi connectivity index (χ4v) is 2.71.